The highest BCUT2D eigenvalue weighted by Gasteiger charge is 2.08. The van der Waals surface area contributed by atoms with E-state index in [0.717, 1.165) is 16.1 Å². The van der Waals surface area contributed by atoms with Crippen LogP contribution in [0.2, 0.25) is 5.02 Å². The Labute approximate surface area is 84.1 Å². The highest BCUT2D eigenvalue weighted by Crippen LogP contribution is 2.21. The molecular weight excluding hydrogens is 182 g/mol. The van der Waals surface area contributed by atoms with Crippen LogP contribution in [0.1, 0.15) is 17.2 Å². The third-order valence-electron chi connectivity index (χ3n) is 2.01. The first-order valence-electron chi connectivity index (χ1n) is 4.08. The topological polar surface area (TPSA) is 12.0 Å². The normalized spacial score (nSPS) is 12.2. The average Bonchev–Trinajstić information content (AvgIpc) is 2.13. The van der Waals surface area contributed by atoms with Gasteiger partial charge in [-0.3, -0.25) is 0 Å². The maximum atomic E-state index is 5.88. The number of aryl methyl sites for hydroxylation is 1. The fourth-order valence-corrected chi connectivity index (χ4v) is 1.43. The van der Waals surface area contributed by atoms with Gasteiger partial charge in [-0.25, -0.2) is 0 Å². The summed E-state index contributed by atoms with van der Waals surface area (Å²) >= 11 is 5.88. The van der Waals surface area contributed by atoms with Crippen LogP contribution in [0.5, 0.6) is 0 Å². The van der Waals surface area contributed by atoms with E-state index in [1.165, 1.54) is 0 Å². The second-order valence-corrected chi connectivity index (χ2v) is 3.33. The molecule has 1 rings (SSSR count). The van der Waals surface area contributed by atoms with Gasteiger partial charge in [-0.1, -0.05) is 23.6 Å². The quantitative estimate of drug-likeness (QED) is 0.712. The van der Waals surface area contributed by atoms with Crippen LogP contribution in [0.15, 0.2) is 18.2 Å². The van der Waals surface area contributed by atoms with E-state index < -0.39 is 0 Å². The number of hydrogen-bond acceptors (Lipinski definition) is 1. The standard InChI is InChI=1S/C11H12ClN/c1-4-11(13-3)10-7-9(12)6-5-8(10)2/h1,5-7,11,13H,2-3H3. The lowest BCUT2D eigenvalue weighted by Gasteiger charge is -2.12. The van der Waals surface area contributed by atoms with Crippen molar-refractivity contribution in [2.24, 2.45) is 0 Å². The molecule has 0 heterocycles. The molecule has 0 aromatic heterocycles. The third kappa shape index (κ3) is 2.24. The fourth-order valence-electron chi connectivity index (χ4n) is 1.25. The lowest BCUT2D eigenvalue weighted by Crippen LogP contribution is -2.15. The molecule has 0 aliphatic carbocycles. The van der Waals surface area contributed by atoms with Crippen molar-refractivity contribution in [3.63, 3.8) is 0 Å². The second-order valence-electron chi connectivity index (χ2n) is 2.89. The highest BCUT2D eigenvalue weighted by atomic mass is 35.5. The van der Waals surface area contributed by atoms with E-state index >= 15 is 0 Å². The van der Waals surface area contributed by atoms with Crippen LogP contribution in [0.3, 0.4) is 0 Å². The zero-order chi connectivity index (χ0) is 9.84. The highest BCUT2D eigenvalue weighted by molar-refractivity contribution is 6.30. The van der Waals surface area contributed by atoms with Crippen LogP contribution < -0.4 is 5.32 Å². The summed E-state index contributed by atoms with van der Waals surface area (Å²) in [5, 5.41) is 3.76. The summed E-state index contributed by atoms with van der Waals surface area (Å²) in [6.07, 6.45) is 5.38. The number of rotatable bonds is 2. The molecule has 1 atom stereocenters. The molecule has 1 aromatic rings. The van der Waals surface area contributed by atoms with Crippen LogP contribution in [0.25, 0.3) is 0 Å². The van der Waals surface area contributed by atoms with Gasteiger partial charge in [-0.2, -0.15) is 0 Å². The minimum absolute atomic E-state index is 0.0568. The molecule has 0 saturated heterocycles. The minimum Gasteiger partial charge on any atom is -0.303 e. The van der Waals surface area contributed by atoms with Gasteiger partial charge in [-0.05, 0) is 37.2 Å². The molecule has 1 N–H and O–H groups in total. The van der Waals surface area contributed by atoms with Gasteiger partial charge in [-0.15, -0.1) is 6.42 Å². The second kappa shape index (κ2) is 4.32. The molecule has 0 fully saturated rings. The summed E-state index contributed by atoms with van der Waals surface area (Å²) in [6, 6.07) is 5.68. The van der Waals surface area contributed by atoms with E-state index in [1.54, 1.807) is 0 Å². The Morgan fingerprint density at radius 2 is 2.23 bits per heavy atom. The molecule has 2 heteroatoms. The summed E-state index contributed by atoms with van der Waals surface area (Å²) in [5.74, 6) is 2.67. The maximum Gasteiger partial charge on any atom is 0.0943 e. The monoisotopic (exact) mass is 193 g/mol. The zero-order valence-electron chi connectivity index (χ0n) is 7.76. The van der Waals surface area contributed by atoms with E-state index in [4.69, 9.17) is 18.0 Å². The third-order valence-corrected chi connectivity index (χ3v) is 2.24. The first-order valence-corrected chi connectivity index (χ1v) is 4.46. The predicted octanol–water partition coefficient (Wildman–Crippen LogP) is 2.54. The van der Waals surface area contributed by atoms with Gasteiger partial charge in [0, 0.05) is 5.02 Å². The Kier molecular flexibility index (Phi) is 3.36. The average molecular weight is 194 g/mol. The van der Waals surface area contributed by atoms with Gasteiger partial charge in [0.1, 0.15) is 0 Å². The van der Waals surface area contributed by atoms with Crippen molar-refractivity contribution in [3.8, 4) is 12.3 Å². The van der Waals surface area contributed by atoms with Gasteiger partial charge >= 0.3 is 0 Å². The molecule has 1 unspecified atom stereocenters. The van der Waals surface area contributed by atoms with Crippen molar-refractivity contribution in [2.45, 2.75) is 13.0 Å². The maximum absolute atomic E-state index is 5.88. The Morgan fingerprint density at radius 3 is 2.77 bits per heavy atom. The van der Waals surface area contributed by atoms with Crippen molar-refractivity contribution in [1.82, 2.24) is 5.32 Å². The number of terminal acetylenes is 1. The summed E-state index contributed by atoms with van der Waals surface area (Å²) < 4.78 is 0. The Bertz CT molecular complexity index is 338. The van der Waals surface area contributed by atoms with Crippen LogP contribution in [-0.4, -0.2) is 7.05 Å². The van der Waals surface area contributed by atoms with Crippen LogP contribution in [0, 0.1) is 19.3 Å². The molecule has 0 spiro atoms. The fraction of sp³-hybridized carbons (Fsp3) is 0.273. The molecule has 0 aliphatic heterocycles. The number of benzene rings is 1. The van der Waals surface area contributed by atoms with E-state index in [-0.39, 0.29) is 6.04 Å². The molecule has 1 nitrogen and oxygen atoms in total. The first kappa shape index (κ1) is 10.1. The SMILES string of the molecule is C#CC(NC)c1cc(Cl)ccc1C. The van der Waals surface area contributed by atoms with Crippen molar-refractivity contribution in [3.05, 3.63) is 34.3 Å². The number of nitrogens with one attached hydrogen (secondary N) is 1. The summed E-state index contributed by atoms with van der Waals surface area (Å²) in [7, 11) is 1.84. The minimum atomic E-state index is -0.0568. The molecule has 0 saturated carbocycles. The van der Waals surface area contributed by atoms with Gasteiger partial charge in [0.2, 0.25) is 0 Å². The van der Waals surface area contributed by atoms with E-state index in [2.05, 4.69) is 11.2 Å². The zero-order valence-corrected chi connectivity index (χ0v) is 8.52. The first-order chi connectivity index (χ1) is 6.19. The molecule has 0 radical (unpaired) electrons. The van der Waals surface area contributed by atoms with Crippen molar-refractivity contribution >= 4 is 11.6 Å². The van der Waals surface area contributed by atoms with E-state index in [1.807, 2.05) is 32.2 Å². The van der Waals surface area contributed by atoms with Gasteiger partial charge in [0.05, 0.1) is 6.04 Å². The lowest BCUT2D eigenvalue weighted by molar-refractivity contribution is 0.732. The number of halogens is 1. The van der Waals surface area contributed by atoms with Crippen molar-refractivity contribution in [1.29, 1.82) is 0 Å². The largest absolute Gasteiger partial charge is 0.303 e. The van der Waals surface area contributed by atoms with E-state index in [9.17, 15) is 0 Å². The molecule has 13 heavy (non-hydrogen) atoms. The van der Waals surface area contributed by atoms with Crippen molar-refractivity contribution < 1.29 is 0 Å². The Morgan fingerprint density at radius 1 is 1.54 bits per heavy atom. The summed E-state index contributed by atoms with van der Waals surface area (Å²) in [5.41, 5.74) is 2.22. The Hall–Kier alpha value is -0.970. The Balaban J connectivity index is 3.13. The molecular formula is C11H12ClN. The van der Waals surface area contributed by atoms with Crippen LogP contribution in [0.4, 0.5) is 0 Å². The van der Waals surface area contributed by atoms with Gasteiger partial charge in [0.15, 0.2) is 0 Å². The summed E-state index contributed by atoms with van der Waals surface area (Å²) in [6.45, 7) is 2.02. The van der Waals surface area contributed by atoms with Gasteiger partial charge in [0.25, 0.3) is 0 Å². The van der Waals surface area contributed by atoms with Crippen LogP contribution in [-0.2, 0) is 0 Å². The molecule has 0 aliphatic rings. The lowest BCUT2D eigenvalue weighted by atomic mass is 10.0. The van der Waals surface area contributed by atoms with Crippen molar-refractivity contribution in [2.75, 3.05) is 7.05 Å². The summed E-state index contributed by atoms with van der Waals surface area (Å²) in [4.78, 5) is 0. The molecule has 1 aromatic carbocycles. The predicted molar refractivity (Wildman–Crippen MR) is 56.8 cm³/mol. The molecule has 0 bridgehead atoms. The smallest absolute Gasteiger partial charge is 0.0943 e. The van der Waals surface area contributed by atoms with Gasteiger partial charge < -0.3 is 5.32 Å². The number of hydrogen-bond donors (Lipinski definition) is 1. The van der Waals surface area contributed by atoms with E-state index in [0.29, 0.717) is 0 Å². The molecule has 68 valence electrons. The van der Waals surface area contributed by atoms with Crippen LogP contribution >= 0.6 is 11.6 Å². The molecule has 0 amide bonds.